The fourth-order valence-electron chi connectivity index (χ4n) is 4.21. The maximum absolute atomic E-state index is 6.35. The number of rotatable bonds is 7. The second-order valence-corrected chi connectivity index (χ2v) is 8.37. The molecule has 3 rings (SSSR count). The van der Waals surface area contributed by atoms with Gasteiger partial charge in [0.25, 0.3) is 0 Å². The molecule has 0 aromatic heterocycles. The molecule has 2 saturated heterocycles. The summed E-state index contributed by atoms with van der Waals surface area (Å²) in [6, 6.07) is 10.5. The van der Waals surface area contributed by atoms with Gasteiger partial charge in [-0.3, -0.25) is 5.01 Å². The van der Waals surface area contributed by atoms with E-state index in [-0.39, 0.29) is 6.10 Å². The van der Waals surface area contributed by atoms with Crippen molar-refractivity contribution in [3.8, 4) is 0 Å². The maximum Gasteiger partial charge on any atom is 0.165 e. The molecule has 1 aromatic rings. The van der Waals surface area contributed by atoms with Gasteiger partial charge < -0.3 is 18.9 Å². The van der Waals surface area contributed by atoms with Gasteiger partial charge in [-0.2, -0.15) is 5.10 Å². The molecule has 0 saturated carbocycles. The number of hydrazone groups is 1. The Morgan fingerprint density at radius 2 is 1.96 bits per heavy atom. The lowest BCUT2D eigenvalue weighted by atomic mass is 9.94. The van der Waals surface area contributed by atoms with E-state index in [9.17, 15) is 0 Å². The molecular formula is C22H34N2O4. The Morgan fingerprint density at radius 1 is 1.21 bits per heavy atom. The average Bonchev–Trinajstić information content (AvgIpc) is 3.06. The Labute approximate surface area is 168 Å². The molecule has 0 spiro atoms. The normalized spacial score (nSPS) is 31.5. The summed E-state index contributed by atoms with van der Waals surface area (Å²) in [5.74, 6) is -0.694. The molecular weight excluding hydrogens is 356 g/mol. The second kappa shape index (κ2) is 8.91. The van der Waals surface area contributed by atoms with Gasteiger partial charge in [-0.25, -0.2) is 0 Å². The minimum absolute atomic E-state index is 0.155. The highest BCUT2D eigenvalue weighted by Crippen LogP contribution is 2.34. The summed E-state index contributed by atoms with van der Waals surface area (Å²) in [6.45, 7) is 10.5. The first kappa shape index (κ1) is 21.2. The van der Waals surface area contributed by atoms with Gasteiger partial charge in [0.2, 0.25) is 0 Å². The molecule has 6 heteroatoms. The van der Waals surface area contributed by atoms with Gasteiger partial charge in [0.05, 0.1) is 25.9 Å². The molecule has 0 bridgehead atoms. The van der Waals surface area contributed by atoms with Crippen LogP contribution >= 0.6 is 0 Å². The van der Waals surface area contributed by atoms with Gasteiger partial charge in [-0.05, 0) is 46.1 Å². The van der Waals surface area contributed by atoms with E-state index in [1.165, 1.54) is 0 Å². The number of nitrogens with zero attached hydrogens (tertiary/aromatic N) is 2. The van der Waals surface area contributed by atoms with Crippen LogP contribution in [0.3, 0.4) is 0 Å². The summed E-state index contributed by atoms with van der Waals surface area (Å²) in [7, 11) is 1.74. The highest BCUT2D eigenvalue weighted by atomic mass is 16.7. The van der Waals surface area contributed by atoms with Crippen molar-refractivity contribution in [1.29, 1.82) is 0 Å². The SMILES string of the molecule is COC[C@H]1CCCN1/N=C1\[C@@H](C)OC(C)(C)O[C@]1(C)COCc1ccccc1. The molecule has 2 aliphatic rings. The van der Waals surface area contributed by atoms with Gasteiger partial charge in [0, 0.05) is 13.7 Å². The van der Waals surface area contributed by atoms with Crippen LogP contribution in [0.5, 0.6) is 0 Å². The van der Waals surface area contributed by atoms with E-state index in [0.29, 0.717) is 25.9 Å². The van der Waals surface area contributed by atoms with E-state index in [2.05, 4.69) is 24.1 Å². The maximum atomic E-state index is 6.35. The van der Waals surface area contributed by atoms with Gasteiger partial charge in [0.1, 0.15) is 17.4 Å². The van der Waals surface area contributed by atoms with Gasteiger partial charge in [-0.15, -0.1) is 0 Å². The molecule has 3 atom stereocenters. The van der Waals surface area contributed by atoms with Crippen LogP contribution < -0.4 is 0 Å². The smallest absolute Gasteiger partial charge is 0.165 e. The van der Waals surface area contributed by atoms with E-state index in [1.54, 1.807) is 7.11 Å². The molecule has 2 fully saturated rings. The van der Waals surface area contributed by atoms with Crippen molar-refractivity contribution < 1.29 is 18.9 Å². The molecule has 2 aliphatic heterocycles. The van der Waals surface area contributed by atoms with E-state index in [1.807, 2.05) is 39.0 Å². The zero-order chi connectivity index (χ0) is 20.2. The number of hydrogen-bond acceptors (Lipinski definition) is 6. The lowest BCUT2D eigenvalue weighted by Gasteiger charge is -2.47. The standard InChI is InChI=1S/C22H34N2O4/c1-17-20(23-24-13-9-12-19(24)15-25-5)22(4,28-21(2,3)27-17)16-26-14-18-10-7-6-8-11-18/h6-8,10-11,17,19H,9,12-16H2,1-5H3/b23-20+/t17-,19-,22-/m1/s1. The predicted octanol–water partition coefficient (Wildman–Crippen LogP) is 3.60. The van der Waals surface area contributed by atoms with Crippen molar-refractivity contribution in [1.82, 2.24) is 5.01 Å². The van der Waals surface area contributed by atoms with Crippen molar-refractivity contribution >= 4 is 5.71 Å². The van der Waals surface area contributed by atoms with Crippen LogP contribution in [0.1, 0.15) is 46.1 Å². The summed E-state index contributed by atoms with van der Waals surface area (Å²) in [6.07, 6.45) is 2.05. The van der Waals surface area contributed by atoms with Crippen molar-refractivity contribution in [2.24, 2.45) is 5.10 Å². The minimum Gasteiger partial charge on any atom is -0.382 e. The molecule has 156 valence electrons. The van der Waals surface area contributed by atoms with Crippen molar-refractivity contribution in [3.05, 3.63) is 35.9 Å². The average molecular weight is 391 g/mol. The van der Waals surface area contributed by atoms with E-state index in [0.717, 1.165) is 30.7 Å². The summed E-state index contributed by atoms with van der Waals surface area (Å²) >= 11 is 0. The Kier molecular flexibility index (Phi) is 6.76. The molecule has 0 aliphatic carbocycles. The Balaban J connectivity index is 1.77. The quantitative estimate of drug-likeness (QED) is 0.712. The molecule has 2 heterocycles. The second-order valence-electron chi connectivity index (χ2n) is 8.37. The van der Waals surface area contributed by atoms with Crippen LogP contribution in [0.2, 0.25) is 0 Å². The third-order valence-electron chi connectivity index (χ3n) is 5.29. The fourth-order valence-corrected chi connectivity index (χ4v) is 4.21. The Hall–Kier alpha value is -1.47. The zero-order valence-corrected chi connectivity index (χ0v) is 17.8. The number of hydrogen-bond donors (Lipinski definition) is 0. The third kappa shape index (κ3) is 5.11. The molecule has 0 amide bonds. The van der Waals surface area contributed by atoms with E-state index >= 15 is 0 Å². The van der Waals surface area contributed by atoms with Crippen LogP contribution in [0, 0.1) is 0 Å². The van der Waals surface area contributed by atoms with Crippen LogP contribution in [-0.4, -0.2) is 61.1 Å². The lowest BCUT2D eigenvalue weighted by molar-refractivity contribution is -0.287. The van der Waals surface area contributed by atoms with Crippen LogP contribution in [0.15, 0.2) is 35.4 Å². The minimum atomic E-state index is -0.694. The summed E-state index contributed by atoms with van der Waals surface area (Å²) in [5.41, 5.74) is 1.36. The molecule has 0 radical (unpaired) electrons. The van der Waals surface area contributed by atoms with Gasteiger partial charge >= 0.3 is 0 Å². The molecule has 6 nitrogen and oxygen atoms in total. The largest absolute Gasteiger partial charge is 0.382 e. The number of methoxy groups -OCH3 is 1. The Bertz CT molecular complexity index is 664. The first-order valence-electron chi connectivity index (χ1n) is 10.2. The third-order valence-corrected chi connectivity index (χ3v) is 5.29. The first-order valence-corrected chi connectivity index (χ1v) is 10.2. The monoisotopic (exact) mass is 390 g/mol. The molecule has 0 N–H and O–H groups in total. The topological polar surface area (TPSA) is 52.5 Å². The number of benzene rings is 1. The first-order chi connectivity index (χ1) is 13.3. The summed E-state index contributed by atoms with van der Waals surface area (Å²) < 4.78 is 23.9. The van der Waals surface area contributed by atoms with Crippen molar-refractivity contribution in [2.45, 2.75) is 70.7 Å². The van der Waals surface area contributed by atoms with Crippen LogP contribution in [0.4, 0.5) is 0 Å². The van der Waals surface area contributed by atoms with Crippen LogP contribution in [0.25, 0.3) is 0 Å². The molecule has 1 aromatic carbocycles. The van der Waals surface area contributed by atoms with Crippen molar-refractivity contribution in [2.75, 3.05) is 26.9 Å². The van der Waals surface area contributed by atoms with Crippen LogP contribution in [-0.2, 0) is 25.6 Å². The van der Waals surface area contributed by atoms with Gasteiger partial charge in [0.15, 0.2) is 5.79 Å². The van der Waals surface area contributed by atoms with Gasteiger partial charge in [-0.1, -0.05) is 30.3 Å². The molecule has 28 heavy (non-hydrogen) atoms. The van der Waals surface area contributed by atoms with E-state index < -0.39 is 11.4 Å². The molecule has 0 unspecified atom stereocenters. The fraction of sp³-hybridized carbons (Fsp3) is 0.682. The highest BCUT2D eigenvalue weighted by molar-refractivity contribution is 5.96. The highest BCUT2D eigenvalue weighted by Gasteiger charge is 2.48. The Morgan fingerprint density at radius 3 is 2.68 bits per heavy atom. The summed E-state index contributed by atoms with van der Waals surface area (Å²) in [4.78, 5) is 0. The number of ether oxygens (including phenoxy) is 4. The summed E-state index contributed by atoms with van der Waals surface area (Å²) in [5, 5.41) is 7.14. The predicted molar refractivity (Wildman–Crippen MR) is 109 cm³/mol. The zero-order valence-electron chi connectivity index (χ0n) is 17.8. The van der Waals surface area contributed by atoms with E-state index in [4.69, 9.17) is 24.0 Å². The lowest BCUT2D eigenvalue weighted by Crippen LogP contribution is -2.60. The van der Waals surface area contributed by atoms with Crippen molar-refractivity contribution in [3.63, 3.8) is 0 Å².